The van der Waals surface area contributed by atoms with Crippen LogP contribution in [0.25, 0.3) is 11.0 Å². The lowest BCUT2D eigenvalue weighted by molar-refractivity contribution is -0.136. The van der Waals surface area contributed by atoms with Gasteiger partial charge in [0, 0.05) is 74.9 Å². The molecule has 0 bridgehead atoms. The van der Waals surface area contributed by atoms with E-state index in [4.69, 9.17) is 37.9 Å². The third-order valence-corrected chi connectivity index (χ3v) is 15.3. The fraction of sp³-hybridized carbons (Fsp3) is 0.538. The second-order valence-electron chi connectivity index (χ2n) is 19.2. The first kappa shape index (κ1) is 54.2. The van der Waals surface area contributed by atoms with Gasteiger partial charge in [0.15, 0.2) is 0 Å². The molecule has 1 spiro atoms. The van der Waals surface area contributed by atoms with Crippen molar-refractivity contribution in [3.05, 3.63) is 98.1 Å². The molecular formula is C52H69Cl2FN8O7. The summed E-state index contributed by atoms with van der Waals surface area (Å²) in [5.41, 5.74) is 7.63. The van der Waals surface area contributed by atoms with Gasteiger partial charge in [-0.05, 0) is 111 Å². The van der Waals surface area contributed by atoms with E-state index >= 15 is 0 Å². The zero-order valence-corrected chi connectivity index (χ0v) is 41.7. The molecule has 9 rings (SSSR count). The highest BCUT2D eigenvalue weighted by Gasteiger charge is 2.53. The number of halogens is 3. The fourth-order valence-corrected chi connectivity index (χ4v) is 11.7. The first-order valence-corrected chi connectivity index (χ1v) is 25.5. The maximum atomic E-state index is 14.8. The molecule has 1 aromatic heterocycles. The topological polar surface area (TPSA) is 201 Å². The summed E-state index contributed by atoms with van der Waals surface area (Å²) in [6, 6.07) is 17.6. The van der Waals surface area contributed by atoms with Crippen molar-refractivity contribution in [1.29, 1.82) is 0 Å². The number of imidazole rings is 1. The smallest absolute Gasteiger partial charge is 0.329 e. The molecule has 70 heavy (non-hydrogen) atoms. The van der Waals surface area contributed by atoms with E-state index in [1.165, 1.54) is 83.2 Å². The number of rotatable bonds is 11. The molecule has 2 saturated carbocycles. The molecule has 3 unspecified atom stereocenters. The number of carboxylic acid groups (broad SMARTS) is 1. The van der Waals surface area contributed by atoms with E-state index in [0.29, 0.717) is 29.2 Å². The molecule has 6 N–H and O–H groups in total. The van der Waals surface area contributed by atoms with Crippen LogP contribution in [0, 0.1) is 17.7 Å². The molecular weight excluding hydrogens is 939 g/mol. The van der Waals surface area contributed by atoms with Crippen molar-refractivity contribution in [2.75, 3.05) is 51.1 Å². The van der Waals surface area contributed by atoms with Gasteiger partial charge in [0.1, 0.15) is 11.9 Å². The predicted molar refractivity (Wildman–Crippen MR) is 271 cm³/mol. The summed E-state index contributed by atoms with van der Waals surface area (Å²) in [6.07, 6.45) is 16.4. The number of imide groups is 1. The Hall–Kier alpha value is -5.13. The van der Waals surface area contributed by atoms with Crippen LogP contribution in [-0.4, -0.2) is 106 Å². The van der Waals surface area contributed by atoms with Gasteiger partial charge in [-0.25, -0.2) is 9.18 Å². The number of carbonyl (C=O) groups excluding carboxylic acids is 4. The molecule has 4 aromatic rings. The van der Waals surface area contributed by atoms with Gasteiger partial charge in [0.2, 0.25) is 24.1 Å². The number of carbonyl (C=O) groups is 5. The second kappa shape index (κ2) is 26.4. The summed E-state index contributed by atoms with van der Waals surface area (Å²) in [4.78, 5) is 72.5. The SMILES string of the molecule is Cn1c(=O)n(C2CCC(=O)NC2=O)c2ccc(CCCCN3CCN(CC4CCCCC4)CC3)cc21.NC=O.O=C(Nc1cccc(Cl)c1)C1C(c2cccc(Cl)c2F)CNC12CCCCC2.O=CO. The number of aromatic nitrogens is 2. The van der Waals surface area contributed by atoms with Gasteiger partial charge >= 0.3 is 5.69 Å². The number of aryl methyl sites for hydroxylation is 2. The minimum absolute atomic E-state index is 0.0936. The van der Waals surface area contributed by atoms with Gasteiger partial charge < -0.3 is 31.3 Å². The number of amides is 4. The van der Waals surface area contributed by atoms with Gasteiger partial charge in [-0.1, -0.05) is 86.0 Å². The summed E-state index contributed by atoms with van der Waals surface area (Å²) in [6.45, 7) is 7.58. The summed E-state index contributed by atoms with van der Waals surface area (Å²) in [7, 11) is 1.75. The molecule has 2 aliphatic carbocycles. The maximum Gasteiger partial charge on any atom is 0.329 e. The Labute approximate surface area is 419 Å². The number of piperidine rings is 1. The minimum Gasteiger partial charge on any atom is -0.483 e. The molecule has 5 aliphatic rings. The quantitative estimate of drug-likeness (QED) is 0.0572. The van der Waals surface area contributed by atoms with E-state index < -0.39 is 11.9 Å². The van der Waals surface area contributed by atoms with Crippen LogP contribution in [0.2, 0.25) is 10.0 Å². The third kappa shape index (κ3) is 13.8. The Bertz CT molecular complexity index is 2460. The lowest BCUT2D eigenvalue weighted by Crippen LogP contribution is -2.50. The Balaban J connectivity index is 0.000000212. The van der Waals surface area contributed by atoms with Crippen molar-refractivity contribution in [2.24, 2.45) is 24.6 Å². The summed E-state index contributed by atoms with van der Waals surface area (Å²) in [5, 5.41) is 16.5. The highest BCUT2D eigenvalue weighted by atomic mass is 35.5. The van der Waals surface area contributed by atoms with E-state index in [9.17, 15) is 23.6 Å². The monoisotopic (exact) mass is 1010 g/mol. The van der Waals surface area contributed by atoms with Crippen LogP contribution in [0.4, 0.5) is 10.1 Å². The number of unbranched alkanes of at least 4 members (excludes halogenated alkanes) is 1. The summed E-state index contributed by atoms with van der Waals surface area (Å²) < 4.78 is 18.0. The van der Waals surface area contributed by atoms with Crippen LogP contribution in [0.15, 0.2) is 65.5 Å². The molecule has 3 atom stereocenters. The number of benzene rings is 3. The van der Waals surface area contributed by atoms with E-state index in [-0.39, 0.29) is 65.1 Å². The third-order valence-electron chi connectivity index (χ3n) is 14.7. The number of hydrogen-bond acceptors (Lipinski definition) is 9. The first-order valence-electron chi connectivity index (χ1n) is 24.8. The summed E-state index contributed by atoms with van der Waals surface area (Å²) >= 11 is 12.1. The zero-order chi connectivity index (χ0) is 50.2. The van der Waals surface area contributed by atoms with Gasteiger partial charge in [-0.2, -0.15) is 0 Å². The van der Waals surface area contributed by atoms with Crippen LogP contribution in [0.3, 0.4) is 0 Å². The Kier molecular flexibility index (Phi) is 20.4. The average molecular weight is 1010 g/mol. The van der Waals surface area contributed by atoms with Crippen LogP contribution >= 0.6 is 23.2 Å². The number of fused-ring (bicyclic) bond motifs is 1. The van der Waals surface area contributed by atoms with Gasteiger partial charge in [-0.15, -0.1) is 0 Å². The number of anilines is 1. The van der Waals surface area contributed by atoms with Crippen molar-refractivity contribution in [3.63, 3.8) is 0 Å². The highest BCUT2D eigenvalue weighted by Crippen LogP contribution is 2.47. The minimum atomic E-state index is -0.632. The highest BCUT2D eigenvalue weighted by molar-refractivity contribution is 6.31. The Morgan fingerprint density at radius 1 is 0.886 bits per heavy atom. The summed E-state index contributed by atoms with van der Waals surface area (Å²) in [5.74, 6) is -0.894. The predicted octanol–water partition coefficient (Wildman–Crippen LogP) is 7.42. The molecule has 4 heterocycles. The van der Waals surface area contributed by atoms with Crippen LogP contribution in [-0.2, 0) is 37.4 Å². The van der Waals surface area contributed by atoms with E-state index in [1.54, 1.807) is 52.6 Å². The number of nitrogens with one attached hydrogen (secondary N) is 3. The first-order chi connectivity index (χ1) is 33.8. The van der Waals surface area contributed by atoms with Crippen LogP contribution in [0.5, 0.6) is 0 Å². The standard InChI is InChI=1S/C28H41N5O3.C22H23Cl2FN2O.CH3NO.CH2O2/c1-30-25-19-21(10-11-23(25)33(28(30)36)24-12-13-26(34)29-27(24)35)7-5-6-14-31-15-17-32(18-16-31)20-22-8-3-2-4-9-22;23-14-6-4-7-15(12-14)27-21(28)19-17(16-8-5-9-18(24)20(16)25)13-26-22(19)10-2-1-3-11-22;2*2-1-3/h10-11,19,22,24H,2-9,12-18,20H2,1H3,(H,29,34,35);4-9,12,17,19,26H,1-3,10-11,13H2,(H,27,28);1H,(H2,2,3);1H,(H,2,3). The Morgan fingerprint density at radius 2 is 1.56 bits per heavy atom. The average Bonchev–Trinajstić information content (AvgIpc) is 3.82. The van der Waals surface area contributed by atoms with Crippen molar-refractivity contribution >= 4 is 70.5 Å². The maximum absolute atomic E-state index is 14.8. The zero-order valence-electron chi connectivity index (χ0n) is 40.2. The Morgan fingerprint density at radius 3 is 2.24 bits per heavy atom. The van der Waals surface area contributed by atoms with Gasteiger partial charge in [-0.3, -0.25) is 38.4 Å². The molecule has 3 aliphatic heterocycles. The molecule has 5 fully saturated rings. The molecule has 15 nitrogen and oxygen atoms in total. The van der Waals surface area contributed by atoms with Gasteiger partial charge in [0.05, 0.1) is 22.0 Å². The van der Waals surface area contributed by atoms with E-state index in [0.717, 1.165) is 62.0 Å². The number of nitrogens with two attached hydrogens (primary N) is 1. The second-order valence-corrected chi connectivity index (χ2v) is 20.0. The molecule has 0 radical (unpaired) electrons. The molecule has 380 valence electrons. The number of hydrogen-bond donors (Lipinski definition) is 5. The lowest BCUT2D eigenvalue weighted by atomic mass is 9.69. The molecule has 4 amide bonds. The van der Waals surface area contributed by atoms with Crippen LogP contribution < -0.4 is 27.4 Å². The van der Waals surface area contributed by atoms with Crippen molar-refractivity contribution in [1.82, 2.24) is 29.6 Å². The normalized spacial score (nSPS) is 21.6. The van der Waals surface area contributed by atoms with Crippen LogP contribution in [0.1, 0.15) is 113 Å². The molecule has 18 heteroatoms. The van der Waals surface area contributed by atoms with Crippen molar-refractivity contribution < 1.29 is 33.5 Å². The van der Waals surface area contributed by atoms with E-state index in [1.807, 2.05) is 12.1 Å². The fourth-order valence-electron chi connectivity index (χ4n) is 11.3. The largest absolute Gasteiger partial charge is 0.483 e. The number of piperazine rings is 1. The van der Waals surface area contributed by atoms with Crippen molar-refractivity contribution in [3.8, 4) is 0 Å². The van der Waals surface area contributed by atoms with Crippen molar-refractivity contribution in [2.45, 2.75) is 114 Å². The lowest BCUT2D eigenvalue weighted by Gasteiger charge is -2.39. The molecule has 3 saturated heterocycles. The van der Waals surface area contributed by atoms with Gasteiger partial charge in [0.25, 0.3) is 6.47 Å². The molecule has 3 aromatic carbocycles. The van der Waals surface area contributed by atoms with E-state index in [2.05, 4.69) is 43.6 Å². The number of nitrogens with zero attached hydrogens (tertiary/aromatic N) is 4. The number of primary amides is 1.